The van der Waals surface area contributed by atoms with Crippen LogP contribution in [0.25, 0.3) is 0 Å². The van der Waals surface area contributed by atoms with Gasteiger partial charge in [0.15, 0.2) is 0 Å². The smallest absolute Gasteiger partial charge is 0.0113 e. The Hall–Kier alpha value is -0.120. The van der Waals surface area contributed by atoms with Gasteiger partial charge in [-0.1, -0.05) is 13.8 Å². The van der Waals surface area contributed by atoms with Crippen molar-refractivity contribution in [3.63, 3.8) is 0 Å². The van der Waals surface area contributed by atoms with Crippen LogP contribution in [0.5, 0.6) is 0 Å². The molecule has 0 radical (unpaired) electrons. The molecule has 0 aromatic heterocycles. The molecule has 1 N–H and O–H groups in total. The number of nitrogens with zero attached hydrogens (tertiary/aromatic N) is 2. The molecular weight excluding hydrogens is 222 g/mol. The van der Waals surface area contributed by atoms with Crippen LogP contribution in [0.3, 0.4) is 0 Å². The molecule has 3 nitrogen and oxygen atoms in total. The molecule has 106 valence electrons. The molecular formula is C15H31N3. The van der Waals surface area contributed by atoms with E-state index < -0.39 is 0 Å². The highest BCUT2D eigenvalue weighted by Crippen LogP contribution is 2.27. The van der Waals surface area contributed by atoms with Gasteiger partial charge < -0.3 is 5.32 Å². The van der Waals surface area contributed by atoms with Crippen LogP contribution in [-0.4, -0.2) is 60.6 Å². The van der Waals surface area contributed by atoms with Crippen molar-refractivity contribution in [2.24, 2.45) is 0 Å². The molecule has 0 amide bonds. The summed E-state index contributed by atoms with van der Waals surface area (Å²) in [6.07, 6.45) is 5.55. The molecule has 1 atom stereocenters. The van der Waals surface area contributed by atoms with Crippen LogP contribution in [0, 0.1) is 0 Å². The molecule has 3 heteroatoms. The van der Waals surface area contributed by atoms with Gasteiger partial charge >= 0.3 is 0 Å². The van der Waals surface area contributed by atoms with E-state index >= 15 is 0 Å². The predicted octanol–water partition coefficient (Wildman–Crippen LogP) is 1.93. The second-order valence-corrected chi connectivity index (χ2v) is 6.40. The standard InChI is InChI=1S/C15H31N3/c1-13(2)16-8-4-5-14(3)17-9-11-18(12-10-17)15-6-7-15/h13-16H,4-12H2,1-3H3. The zero-order valence-corrected chi connectivity index (χ0v) is 12.5. The highest BCUT2D eigenvalue weighted by Gasteiger charge is 2.31. The SMILES string of the molecule is CC(C)NCCCC(C)N1CCN(C2CC2)CC1. The van der Waals surface area contributed by atoms with Crippen molar-refractivity contribution in [1.29, 1.82) is 0 Å². The van der Waals surface area contributed by atoms with E-state index in [1.807, 2.05) is 0 Å². The van der Waals surface area contributed by atoms with E-state index in [0.29, 0.717) is 6.04 Å². The third kappa shape index (κ3) is 4.52. The third-order valence-corrected chi connectivity index (χ3v) is 4.39. The molecule has 0 spiro atoms. The van der Waals surface area contributed by atoms with Crippen molar-refractivity contribution in [1.82, 2.24) is 15.1 Å². The zero-order chi connectivity index (χ0) is 13.0. The van der Waals surface area contributed by atoms with Gasteiger partial charge in [0.2, 0.25) is 0 Å². The van der Waals surface area contributed by atoms with E-state index in [1.165, 1.54) is 58.4 Å². The van der Waals surface area contributed by atoms with Crippen molar-refractivity contribution in [3.05, 3.63) is 0 Å². The van der Waals surface area contributed by atoms with E-state index in [0.717, 1.165) is 12.1 Å². The highest BCUT2D eigenvalue weighted by molar-refractivity contribution is 4.88. The Morgan fingerprint density at radius 1 is 1.06 bits per heavy atom. The average Bonchev–Trinajstić information content (AvgIpc) is 3.18. The van der Waals surface area contributed by atoms with E-state index in [1.54, 1.807) is 0 Å². The van der Waals surface area contributed by atoms with E-state index in [9.17, 15) is 0 Å². The van der Waals surface area contributed by atoms with Crippen molar-refractivity contribution in [2.75, 3.05) is 32.7 Å². The molecule has 0 aromatic carbocycles. The van der Waals surface area contributed by atoms with Gasteiger partial charge in [0, 0.05) is 44.3 Å². The fourth-order valence-electron chi connectivity index (χ4n) is 2.95. The highest BCUT2D eigenvalue weighted by atomic mass is 15.3. The Kier molecular flexibility index (Phi) is 5.46. The average molecular weight is 253 g/mol. The lowest BCUT2D eigenvalue weighted by Gasteiger charge is -2.38. The van der Waals surface area contributed by atoms with E-state index in [2.05, 4.69) is 35.9 Å². The number of piperazine rings is 1. The van der Waals surface area contributed by atoms with Crippen LogP contribution in [0.1, 0.15) is 46.5 Å². The van der Waals surface area contributed by atoms with Gasteiger partial charge in [-0.25, -0.2) is 0 Å². The molecule has 2 aliphatic rings. The molecule has 0 aromatic rings. The van der Waals surface area contributed by atoms with Crippen LogP contribution < -0.4 is 5.32 Å². The topological polar surface area (TPSA) is 18.5 Å². The van der Waals surface area contributed by atoms with Gasteiger partial charge in [-0.3, -0.25) is 9.80 Å². The Balaban J connectivity index is 1.56. The summed E-state index contributed by atoms with van der Waals surface area (Å²) in [5, 5.41) is 3.51. The molecule has 1 unspecified atom stereocenters. The van der Waals surface area contributed by atoms with Crippen LogP contribution in [0.4, 0.5) is 0 Å². The first-order valence-electron chi connectivity index (χ1n) is 7.88. The Morgan fingerprint density at radius 2 is 1.72 bits per heavy atom. The van der Waals surface area contributed by atoms with Gasteiger partial charge in [-0.15, -0.1) is 0 Å². The van der Waals surface area contributed by atoms with Gasteiger partial charge in [0.05, 0.1) is 0 Å². The summed E-state index contributed by atoms with van der Waals surface area (Å²) < 4.78 is 0. The minimum atomic E-state index is 0.627. The molecule has 1 saturated carbocycles. The molecule has 1 aliphatic heterocycles. The van der Waals surface area contributed by atoms with Crippen LogP contribution in [0.2, 0.25) is 0 Å². The summed E-state index contributed by atoms with van der Waals surface area (Å²) >= 11 is 0. The third-order valence-electron chi connectivity index (χ3n) is 4.39. The number of rotatable bonds is 7. The molecule has 18 heavy (non-hydrogen) atoms. The van der Waals surface area contributed by atoms with Crippen molar-refractivity contribution >= 4 is 0 Å². The lowest BCUT2D eigenvalue weighted by molar-refractivity contribution is 0.0933. The monoisotopic (exact) mass is 253 g/mol. The van der Waals surface area contributed by atoms with Crippen molar-refractivity contribution < 1.29 is 0 Å². The zero-order valence-electron chi connectivity index (χ0n) is 12.5. The molecule has 2 rings (SSSR count). The normalized spacial score (nSPS) is 24.7. The Labute approximate surface area is 113 Å². The van der Waals surface area contributed by atoms with Crippen LogP contribution in [0.15, 0.2) is 0 Å². The number of hydrogen-bond donors (Lipinski definition) is 1. The molecule has 1 saturated heterocycles. The maximum Gasteiger partial charge on any atom is 0.0113 e. The molecule has 2 fully saturated rings. The summed E-state index contributed by atoms with van der Waals surface area (Å²) in [6, 6.07) is 2.35. The first kappa shape index (κ1) is 14.3. The van der Waals surface area contributed by atoms with Gasteiger partial charge in [0.25, 0.3) is 0 Å². The van der Waals surface area contributed by atoms with Gasteiger partial charge in [0.1, 0.15) is 0 Å². The summed E-state index contributed by atoms with van der Waals surface area (Å²) in [5.41, 5.74) is 0. The Bertz CT molecular complexity index is 230. The minimum absolute atomic E-state index is 0.627. The summed E-state index contributed by atoms with van der Waals surface area (Å²) in [4.78, 5) is 5.39. The second-order valence-electron chi connectivity index (χ2n) is 6.40. The first-order valence-corrected chi connectivity index (χ1v) is 7.88. The largest absolute Gasteiger partial charge is 0.315 e. The second kappa shape index (κ2) is 6.88. The summed E-state index contributed by atoms with van der Waals surface area (Å²) in [7, 11) is 0. The maximum absolute atomic E-state index is 3.51. The quantitative estimate of drug-likeness (QED) is 0.700. The lowest BCUT2D eigenvalue weighted by atomic mass is 10.1. The minimum Gasteiger partial charge on any atom is -0.315 e. The summed E-state index contributed by atoms with van der Waals surface area (Å²) in [5.74, 6) is 0. The maximum atomic E-state index is 3.51. The fourth-order valence-corrected chi connectivity index (χ4v) is 2.95. The Morgan fingerprint density at radius 3 is 2.28 bits per heavy atom. The van der Waals surface area contributed by atoms with Gasteiger partial charge in [-0.2, -0.15) is 0 Å². The van der Waals surface area contributed by atoms with Crippen LogP contribution in [-0.2, 0) is 0 Å². The molecule has 1 heterocycles. The van der Waals surface area contributed by atoms with Crippen molar-refractivity contribution in [2.45, 2.75) is 64.6 Å². The summed E-state index contributed by atoms with van der Waals surface area (Å²) in [6.45, 7) is 13.2. The lowest BCUT2D eigenvalue weighted by Crippen LogP contribution is -2.50. The fraction of sp³-hybridized carbons (Fsp3) is 1.00. The molecule has 1 aliphatic carbocycles. The van der Waals surface area contributed by atoms with Crippen molar-refractivity contribution in [3.8, 4) is 0 Å². The molecule has 0 bridgehead atoms. The van der Waals surface area contributed by atoms with Crippen LogP contribution >= 0.6 is 0 Å². The first-order chi connectivity index (χ1) is 8.66. The number of hydrogen-bond acceptors (Lipinski definition) is 3. The van der Waals surface area contributed by atoms with E-state index in [4.69, 9.17) is 0 Å². The van der Waals surface area contributed by atoms with E-state index in [-0.39, 0.29) is 0 Å². The predicted molar refractivity (Wildman–Crippen MR) is 78.0 cm³/mol. The van der Waals surface area contributed by atoms with Gasteiger partial charge in [-0.05, 0) is 39.2 Å². The number of nitrogens with one attached hydrogen (secondary N) is 1.